The normalized spacial score (nSPS) is 16.1. The largest absolute Gasteiger partial charge is 0.507 e. The van der Waals surface area contributed by atoms with Crippen molar-refractivity contribution >= 4 is 11.9 Å². The van der Waals surface area contributed by atoms with E-state index < -0.39 is 17.6 Å². The lowest BCUT2D eigenvalue weighted by Crippen LogP contribution is -2.32. The topological polar surface area (TPSA) is 109 Å². The molecule has 23 heavy (non-hydrogen) atoms. The maximum atomic E-state index is 12.3. The summed E-state index contributed by atoms with van der Waals surface area (Å²) < 4.78 is 5.48. The standard InChI is InChI=1S/C16H14N2O5/c19-12-8-9(3-4-10(12)16(21)22)15(20)18-11-5-7-23-13-2-1-6-17-14(11)13/h1-4,6,8,11,19H,5,7H2,(H,18,20)(H,21,22). The molecule has 1 aliphatic heterocycles. The number of carbonyl (C=O) groups excluding carboxylic acids is 1. The van der Waals surface area contributed by atoms with Gasteiger partial charge in [0.2, 0.25) is 0 Å². The first-order chi connectivity index (χ1) is 11.1. The molecule has 7 heteroatoms. The van der Waals surface area contributed by atoms with Crippen molar-refractivity contribution in [2.75, 3.05) is 6.61 Å². The molecule has 3 rings (SSSR count). The van der Waals surface area contributed by atoms with Gasteiger partial charge in [0.1, 0.15) is 22.8 Å². The number of nitrogens with zero attached hydrogens (tertiary/aromatic N) is 1. The quantitative estimate of drug-likeness (QED) is 0.796. The number of amides is 1. The highest BCUT2D eigenvalue weighted by molar-refractivity contribution is 5.97. The number of aromatic carboxylic acids is 1. The summed E-state index contributed by atoms with van der Waals surface area (Å²) in [7, 11) is 0. The van der Waals surface area contributed by atoms with Crippen LogP contribution in [0.5, 0.6) is 11.5 Å². The lowest BCUT2D eigenvalue weighted by molar-refractivity contribution is 0.0693. The minimum absolute atomic E-state index is 0.177. The maximum Gasteiger partial charge on any atom is 0.339 e. The lowest BCUT2D eigenvalue weighted by atomic mass is 10.0. The molecular formula is C16H14N2O5. The van der Waals surface area contributed by atoms with Crippen LogP contribution < -0.4 is 10.1 Å². The molecule has 0 saturated heterocycles. The summed E-state index contributed by atoms with van der Waals surface area (Å²) >= 11 is 0. The number of carboxylic acid groups (broad SMARTS) is 1. The Hall–Kier alpha value is -3.09. The Bertz CT molecular complexity index is 775. The molecule has 2 aromatic rings. The zero-order valence-electron chi connectivity index (χ0n) is 12.0. The molecule has 0 radical (unpaired) electrons. The summed E-state index contributed by atoms with van der Waals surface area (Å²) in [6.45, 7) is 0.465. The number of carboxylic acids is 1. The Balaban J connectivity index is 1.80. The van der Waals surface area contributed by atoms with E-state index in [1.807, 2.05) is 0 Å². The van der Waals surface area contributed by atoms with Gasteiger partial charge in [0.25, 0.3) is 5.91 Å². The predicted octanol–water partition coefficient (Wildman–Crippen LogP) is 1.74. The Morgan fingerprint density at radius 2 is 2.13 bits per heavy atom. The van der Waals surface area contributed by atoms with E-state index >= 15 is 0 Å². The van der Waals surface area contributed by atoms with Crippen molar-refractivity contribution in [3.8, 4) is 11.5 Å². The molecule has 0 aliphatic carbocycles. The van der Waals surface area contributed by atoms with Gasteiger partial charge < -0.3 is 20.3 Å². The number of fused-ring (bicyclic) bond motifs is 1. The van der Waals surface area contributed by atoms with Crippen LogP contribution in [-0.2, 0) is 0 Å². The first kappa shape index (κ1) is 14.8. The van der Waals surface area contributed by atoms with Crippen LogP contribution in [-0.4, -0.2) is 33.7 Å². The van der Waals surface area contributed by atoms with Gasteiger partial charge >= 0.3 is 5.97 Å². The average Bonchev–Trinajstić information content (AvgIpc) is 2.54. The third-order valence-corrected chi connectivity index (χ3v) is 3.59. The van der Waals surface area contributed by atoms with Crippen LogP contribution in [0.3, 0.4) is 0 Å². The van der Waals surface area contributed by atoms with Gasteiger partial charge in [-0.05, 0) is 30.3 Å². The fourth-order valence-corrected chi connectivity index (χ4v) is 2.45. The Morgan fingerprint density at radius 3 is 2.87 bits per heavy atom. The number of rotatable bonds is 3. The molecule has 1 atom stereocenters. The smallest absolute Gasteiger partial charge is 0.339 e. The maximum absolute atomic E-state index is 12.3. The van der Waals surface area contributed by atoms with E-state index in [4.69, 9.17) is 9.84 Å². The van der Waals surface area contributed by atoms with Gasteiger partial charge in [-0.2, -0.15) is 0 Å². The number of aromatic hydroxyl groups is 1. The summed E-state index contributed by atoms with van der Waals surface area (Å²) in [6.07, 6.45) is 2.20. The summed E-state index contributed by atoms with van der Waals surface area (Å²) in [5, 5.41) is 21.4. The number of aromatic nitrogens is 1. The molecule has 1 aliphatic rings. The summed E-state index contributed by atoms with van der Waals surface area (Å²) in [5.74, 6) is -1.48. The number of ether oxygens (including phenoxy) is 1. The van der Waals surface area contributed by atoms with E-state index in [0.29, 0.717) is 24.5 Å². The lowest BCUT2D eigenvalue weighted by Gasteiger charge is -2.25. The molecule has 3 N–H and O–H groups in total. The molecule has 2 heterocycles. The second-order valence-corrected chi connectivity index (χ2v) is 5.09. The molecule has 1 aromatic carbocycles. The van der Waals surface area contributed by atoms with E-state index in [9.17, 15) is 14.7 Å². The predicted molar refractivity (Wildman–Crippen MR) is 79.6 cm³/mol. The Morgan fingerprint density at radius 1 is 1.30 bits per heavy atom. The SMILES string of the molecule is O=C(NC1CCOc2cccnc21)c1ccc(C(=O)O)c(O)c1. The number of benzene rings is 1. The number of hydrogen-bond donors (Lipinski definition) is 3. The second kappa shape index (κ2) is 5.96. The van der Waals surface area contributed by atoms with E-state index in [1.165, 1.54) is 12.1 Å². The first-order valence-electron chi connectivity index (χ1n) is 7.01. The van der Waals surface area contributed by atoms with Crippen molar-refractivity contribution in [2.45, 2.75) is 12.5 Å². The van der Waals surface area contributed by atoms with E-state index in [1.54, 1.807) is 18.3 Å². The number of hydrogen-bond acceptors (Lipinski definition) is 5. The van der Waals surface area contributed by atoms with Crippen molar-refractivity contribution in [2.24, 2.45) is 0 Å². The van der Waals surface area contributed by atoms with Crippen molar-refractivity contribution in [3.05, 3.63) is 53.3 Å². The number of phenols is 1. The highest BCUT2D eigenvalue weighted by Crippen LogP contribution is 2.30. The fraction of sp³-hybridized carbons (Fsp3) is 0.188. The summed E-state index contributed by atoms with van der Waals surface area (Å²) in [4.78, 5) is 27.4. The van der Waals surface area contributed by atoms with Crippen LogP contribution in [0.15, 0.2) is 36.5 Å². The van der Waals surface area contributed by atoms with Gasteiger partial charge in [-0.15, -0.1) is 0 Å². The molecule has 1 amide bonds. The van der Waals surface area contributed by atoms with Crippen LogP contribution in [0.2, 0.25) is 0 Å². The zero-order chi connectivity index (χ0) is 16.4. The molecular weight excluding hydrogens is 300 g/mol. The molecule has 118 valence electrons. The Labute approximate surface area is 131 Å². The van der Waals surface area contributed by atoms with E-state index in [-0.39, 0.29) is 17.2 Å². The van der Waals surface area contributed by atoms with Crippen molar-refractivity contribution in [1.29, 1.82) is 0 Å². The molecule has 0 fully saturated rings. The minimum atomic E-state index is -1.25. The molecule has 0 bridgehead atoms. The highest BCUT2D eigenvalue weighted by Gasteiger charge is 2.25. The third-order valence-electron chi connectivity index (χ3n) is 3.59. The zero-order valence-corrected chi connectivity index (χ0v) is 12.0. The van der Waals surface area contributed by atoms with Gasteiger partial charge in [-0.3, -0.25) is 9.78 Å². The summed E-state index contributed by atoms with van der Waals surface area (Å²) in [6, 6.07) is 6.94. The minimum Gasteiger partial charge on any atom is -0.507 e. The summed E-state index contributed by atoms with van der Waals surface area (Å²) in [5.41, 5.74) is 0.578. The van der Waals surface area contributed by atoms with Crippen molar-refractivity contribution < 1.29 is 24.5 Å². The highest BCUT2D eigenvalue weighted by atomic mass is 16.5. The number of carbonyl (C=O) groups is 2. The van der Waals surface area contributed by atoms with Crippen LogP contribution in [0, 0.1) is 0 Å². The first-order valence-corrected chi connectivity index (χ1v) is 7.01. The van der Waals surface area contributed by atoms with Crippen LogP contribution in [0.1, 0.15) is 38.9 Å². The third kappa shape index (κ3) is 2.94. The van der Waals surface area contributed by atoms with Crippen molar-refractivity contribution in [1.82, 2.24) is 10.3 Å². The van der Waals surface area contributed by atoms with Gasteiger partial charge in [0, 0.05) is 18.2 Å². The van der Waals surface area contributed by atoms with E-state index in [2.05, 4.69) is 10.3 Å². The van der Waals surface area contributed by atoms with Gasteiger partial charge in [0.15, 0.2) is 0 Å². The van der Waals surface area contributed by atoms with Crippen LogP contribution in [0.25, 0.3) is 0 Å². The molecule has 0 saturated carbocycles. The van der Waals surface area contributed by atoms with Crippen LogP contribution in [0.4, 0.5) is 0 Å². The molecule has 7 nitrogen and oxygen atoms in total. The van der Waals surface area contributed by atoms with Crippen molar-refractivity contribution in [3.63, 3.8) is 0 Å². The number of pyridine rings is 1. The van der Waals surface area contributed by atoms with E-state index in [0.717, 1.165) is 6.07 Å². The molecule has 1 unspecified atom stereocenters. The second-order valence-electron chi connectivity index (χ2n) is 5.09. The van der Waals surface area contributed by atoms with Crippen LogP contribution >= 0.6 is 0 Å². The molecule has 0 spiro atoms. The van der Waals surface area contributed by atoms with Gasteiger partial charge in [-0.1, -0.05) is 0 Å². The average molecular weight is 314 g/mol. The van der Waals surface area contributed by atoms with Gasteiger partial charge in [-0.25, -0.2) is 4.79 Å². The Kier molecular flexibility index (Phi) is 3.84. The molecule has 1 aromatic heterocycles. The van der Waals surface area contributed by atoms with Gasteiger partial charge in [0.05, 0.1) is 12.6 Å². The fourth-order valence-electron chi connectivity index (χ4n) is 2.45. The monoisotopic (exact) mass is 314 g/mol. The number of nitrogens with one attached hydrogen (secondary N) is 1.